The molecule has 2 fully saturated rings. The molecule has 0 aromatic carbocycles. The fourth-order valence-corrected chi connectivity index (χ4v) is 3.63. The number of aryl methyl sites for hydroxylation is 1. The first-order valence-electron chi connectivity index (χ1n) is 8.83. The van der Waals surface area contributed by atoms with Crippen LogP contribution in [-0.2, 0) is 13.6 Å². The van der Waals surface area contributed by atoms with Crippen LogP contribution < -0.4 is 10.5 Å². The summed E-state index contributed by atoms with van der Waals surface area (Å²) in [5, 5.41) is 0. The van der Waals surface area contributed by atoms with Gasteiger partial charge in [-0.05, 0) is 12.1 Å². The number of nitrogens with zero attached hydrogens (tertiary/aromatic N) is 6. The second-order valence-electron chi connectivity index (χ2n) is 6.85. The zero-order chi connectivity index (χ0) is 17.2. The molecule has 0 N–H and O–H groups in total. The van der Waals surface area contributed by atoms with E-state index in [9.17, 15) is 4.79 Å². The lowest BCUT2D eigenvalue weighted by atomic mass is 10.1. The average Bonchev–Trinajstić information content (AvgIpc) is 2.62. The molecule has 0 atom stereocenters. The maximum atomic E-state index is 12.1. The Bertz CT molecular complexity index is 763. The third-order valence-electron chi connectivity index (χ3n) is 5.20. The normalized spacial score (nSPS) is 19.8. The van der Waals surface area contributed by atoms with Crippen molar-refractivity contribution in [3.63, 3.8) is 0 Å². The van der Waals surface area contributed by atoms with Crippen LogP contribution >= 0.6 is 0 Å². The van der Waals surface area contributed by atoms with Crippen molar-refractivity contribution in [2.75, 3.05) is 44.2 Å². The maximum absolute atomic E-state index is 12.1. The summed E-state index contributed by atoms with van der Waals surface area (Å²) in [7, 11) is 1.77. The number of hydrogen-bond acceptors (Lipinski definition) is 6. The van der Waals surface area contributed by atoms with Gasteiger partial charge in [0.25, 0.3) is 5.56 Å². The Balaban J connectivity index is 1.26. The van der Waals surface area contributed by atoms with Crippen molar-refractivity contribution in [2.45, 2.75) is 12.6 Å². The highest BCUT2D eigenvalue weighted by Gasteiger charge is 2.34. The number of aromatic nitrogens is 3. The van der Waals surface area contributed by atoms with Crippen molar-refractivity contribution < 1.29 is 0 Å². The number of anilines is 1. The topological polar surface area (TPSA) is 57.5 Å². The molecule has 0 radical (unpaired) electrons. The summed E-state index contributed by atoms with van der Waals surface area (Å²) < 4.78 is 1.59. The Labute approximate surface area is 147 Å². The smallest absolute Gasteiger partial charge is 0.273 e. The first kappa shape index (κ1) is 16.2. The van der Waals surface area contributed by atoms with Gasteiger partial charge in [0.1, 0.15) is 11.5 Å². The molecule has 0 bridgehead atoms. The Morgan fingerprint density at radius 2 is 1.88 bits per heavy atom. The zero-order valence-electron chi connectivity index (χ0n) is 14.6. The van der Waals surface area contributed by atoms with Gasteiger partial charge in [-0.2, -0.15) is 0 Å². The van der Waals surface area contributed by atoms with Crippen LogP contribution in [0.15, 0.2) is 41.6 Å². The number of likely N-dealkylation sites (tertiary alicyclic amines) is 1. The first-order chi connectivity index (χ1) is 12.2. The molecular weight excluding hydrogens is 316 g/mol. The van der Waals surface area contributed by atoms with Crippen LogP contribution in [0.4, 0.5) is 5.82 Å². The molecule has 7 nitrogen and oxygen atoms in total. The van der Waals surface area contributed by atoms with E-state index in [-0.39, 0.29) is 5.56 Å². The van der Waals surface area contributed by atoms with Crippen LogP contribution in [0.3, 0.4) is 0 Å². The molecule has 2 aromatic heterocycles. The molecule has 2 aliphatic heterocycles. The zero-order valence-corrected chi connectivity index (χ0v) is 14.6. The average molecular weight is 340 g/mol. The highest BCUT2D eigenvalue weighted by Crippen LogP contribution is 2.20. The summed E-state index contributed by atoms with van der Waals surface area (Å²) in [6.07, 6.45) is 5.25. The summed E-state index contributed by atoms with van der Waals surface area (Å²) in [4.78, 5) is 28.0. The van der Waals surface area contributed by atoms with Crippen LogP contribution in [0.5, 0.6) is 0 Å². The Hall–Kier alpha value is -2.25. The lowest BCUT2D eigenvalue weighted by molar-refractivity contribution is 0.0245. The molecule has 0 saturated carbocycles. The van der Waals surface area contributed by atoms with E-state index < -0.39 is 0 Å². The third-order valence-corrected chi connectivity index (χ3v) is 5.20. The van der Waals surface area contributed by atoms with E-state index in [1.54, 1.807) is 24.0 Å². The molecule has 4 rings (SSSR count). The molecule has 0 amide bonds. The number of rotatable bonds is 4. The van der Waals surface area contributed by atoms with Gasteiger partial charge >= 0.3 is 0 Å². The minimum absolute atomic E-state index is 0.00919. The largest absolute Gasteiger partial charge is 0.354 e. The minimum atomic E-state index is 0.00919. The Morgan fingerprint density at radius 1 is 1.08 bits per heavy atom. The third kappa shape index (κ3) is 3.43. The summed E-state index contributed by atoms with van der Waals surface area (Å²) in [6.45, 7) is 6.87. The van der Waals surface area contributed by atoms with E-state index in [2.05, 4.69) is 30.7 Å². The highest BCUT2D eigenvalue weighted by molar-refractivity contribution is 5.38. The molecule has 0 spiro atoms. The molecule has 7 heteroatoms. The molecule has 2 aliphatic rings. The number of piperazine rings is 1. The molecule has 132 valence electrons. The van der Waals surface area contributed by atoms with Crippen LogP contribution in [0.1, 0.15) is 5.69 Å². The van der Waals surface area contributed by atoms with Crippen molar-refractivity contribution in [3.8, 4) is 0 Å². The molecular formula is C18H24N6O. The van der Waals surface area contributed by atoms with Gasteiger partial charge in [-0.25, -0.2) is 4.98 Å². The van der Waals surface area contributed by atoms with Crippen molar-refractivity contribution in [2.24, 2.45) is 7.05 Å². The van der Waals surface area contributed by atoms with Gasteiger partial charge < -0.3 is 9.47 Å². The quantitative estimate of drug-likeness (QED) is 0.792. The van der Waals surface area contributed by atoms with Crippen LogP contribution in [0.2, 0.25) is 0 Å². The predicted octanol–water partition coefficient (Wildman–Crippen LogP) is 0.182. The molecule has 25 heavy (non-hydrogen) atoms. The van der Waals surface area contributed by atoms with Crippen molar-refractivity contribution in [1.29, 1.82) is 0 Å². The van der Waals surface area contributed by atoms with Gasteiger partial charge in [0, 0.05) is 77.5 Å². The summed E-state index contributed by atoms with van der Waals surface area (Å²) >= 11 is 0. The Morgan fingerprint density at radius 3 is 2.60 bits per heavy atom. The van der Waals surface area contributed by atoms with Crippen molar-refractivity contribution in [3.05, 3.63) is 52.8 Å². The maximum Gasteiger partial charge on any atom is 0.273 e. The lowest BCUT2D eigenvalue weighted by Gasteiger charge is -2.48. The van der Waals surface area contributed by atoms with Crippen molar-refractivity contribution in [1.82, 2.24) is 24.3 Å². The highest BCUT2D eigenvalue weighted by atomic mass is 16.1. The van der Waals surface area contributed by atoms with E-state index in [0.717, 1.165) is 45.1 Å². The molecule has 0 unspecified atom stereocenters. The fourth-order valence-electron chi connectivity index (χ4n) is 3.63. The lowest BCUT2D eigenvalue weighted by Crippen LogP contribution is -2.63. The van der Waals surface area contributed by atoms with E-state index >= 15 is 0 Å². The number of pyridine rings is 1. The van der Waals surface area contributed by atoms with Gasteiger partial charge in [0.15, 0.2) is 0 Å². The van der Waals surface area contributed by atoms with Gasteiger partial charge in [-0.1, -0.05) is 6.07 Å². The minimum Gasteiger partial charge on any atom is -0.354 e. The van der Waals surface area contributed by atoms with E-state index in [4.69, 9.17) is 0 Å². The molecule has 0 aliphatic carbocycles. The van der Waals surface area contributed by atoms with Crippen LogP contribution in [0, 0.1) is 0 Å². The van der Waals surface area contributed by atoms with Gasteiger partial charge in [0.05, 0.1) is 0 Å². The number of hydrogen-bond donors (Lipinski definition) is 0. The van der Waals surface area contributed by atoms with Gasteiger partial charge in [-0.15, -0.1) is 0 Å². The Kier molecular flexibility index (Phi) is 4.50. The monoisotopic (exact) mass is 340 g/mol. The van der Waals surface area contributed by atoms with Crippen LogP contribution in [0.25, 0.3) is 0 Å². The predicted molar refractivity (Wildman–Crippen MR) is 96.6 cm³/mol. The molecule has 2 aromatic rings. The second-order valence-corrected chi connectivity index (χ2v) is 6.85. The van der Waals surface area contributed by atoms with Gasteiger partial charge in [-0.3, -0.25) is 19.6 Å². The van der Waals surface area contributed by atoms with Gasteiger partial charge in [0.2, 0.25) is 0 Å². The summed E-state index contributed by atoms with van der Waals surface area (Å²) in [6, 6.07) is 6.67. The second kappa shape index (κ2) is 6.93. The first-order valence-corrected chi connectivity index (χ1v) is 8.83. The molecule has 2 saturated heterocycles. The SMILES string of the molecule is Cn1ccnc(CN2CC(N3CCN(c4ccccn4)CC3)C2)c1=O. The van der Waals surface area contributed by atoms with Crippen LogP contribution in [-0.4, -0.2) is 69.6 Å². The molecule has 4 heterocycles. The van der Waals surface area contributed by atoms with E-state index in [1.165, 1.54) is 0 Å². The van der Waals surface area contributed by atoms with E-state index in [1.807, 2.05) is 18.3 Å². The standard InChI is InChI=1S/C18H24N6O/c1-21-7-6-19-16(18(21)25)14-22-12-15(13-22)23-8-10-24(11-9-23)17-4-2-3-5-20-17/h2-7,15H,8-14H2,1H3. The van der Waals surface area contributed by atoms with Crippen molar-refractivity contribution >= 4 is 5.82 Å². The van der Waals surface area contributed by atoms with E-state index in [0.29, 0.717) is 18.3 Å². The summed E-state index contributed by atoms with van der Waals surface area (Å²) in [5.74, 6) is 1.07. The fraction of sp³-hybridized carbons (Fsp3) is 0.500. The summed E-state index contributed by atoms with van der Waals surface area (Å²) in [5.41, 5.74) is 0.651.